The number of benzene rings is 3. The van der Waals surface area contributed by atoms with Gasteiger partial charge in [0.05, 0.1) is 10.7 Å². The van der Waals surface area contributed by atoms with E-state index in [0.717, 1.165) is 11.3 Å². The molecule has 3 aromatic carbocycles. The molecule has 0 spiro atoms. The van der Waals surface area contributed by atoms with Crippen molar-refractivity contribution in [3.63, 3.8) is 0 Å². The van der Waals surface area contributed by atoms with E-state index in [1.165, 1.54) is 0 Å². The fourth-order valence-corrected chi connectivity index (χ4v) is 3.12. The predicted octanol–water partition coefficient (Wildman–Crippen LogP) is 5.73. The molecular weight excluding hydrogens is 456 g/mol. The van der Waals surface area contributed by atoms with Gasteiger partial charge in [-0.15, -0.1) is 0 Å². The highest BCUT2D eigenvalue weighted by Gasteiger charge is 2.11. The van der Waals surface area contributed by atoms with Crippen LogP contribution in [0.15, 0.2) is 72.8 Å². The molecule has 0 bridgehead atoms. The fourth-order valence-electron chi connectivity index (χ4n) is 2.93. The molecule has 2 N–H and O–H groups in total. The van der Waals surface area contributed by atoms with Crippen LogP contribution in [-0.4, -0.2) is 24.4 Å². The molecule has 7 nitrogen and oxygen atoms in total. The van der Waals surface area contributed by atoms with E-state index >= 15 is 0 Å². The third-order valence-corrected chi connectivity index (χ3v) is 5.02. The number of nitrogens with one attached hydrogen (secondary N) is 2. The van der Waals surface area contributed by atoms with Crippen LogP contribution < -0.4 is 15.4 Å². The van der Waals surface area contributed by atoms with Crippen LogP contribution >= 0.6 is 11.6 Å². The Bertz CT molecular complexity index is 1130. The maximum absolute atomic E-state index is 12.1. The number of halogens is 1. The van der Waals surface area contributed by atoms with Crippen molar-refractivity contribution in [2.75, 3.05) is 17.2 Å². The highest BCUT2D eigenvalue weighted by Crippen LogP contribution is 2.23. The summed E-state index contributed by atoms with van der Waals surface area (Å²) in [6.07, 6.45) is 0.462. The molecule has 0 saturated heterocycles. The number of hydrogen-bond acceptors (Lipinski definition) is 5. The minimum absolute atomic E-state index is 0.0239. The molecule has 0 aliphatic rings. The first kappa shape index (κ1) is 24.8. The van der Waals surface area contributed by atoms with Crippen LogP contribution in [0.25, 0.3) is 0 Å². The van der Waals surface area contributed by atoms with Crippen LogP contribution in [0.5, 0.6) is 11.5 Å². The lowest BCUT2D eigenvalue weighted by Gasteiger charge is -2.09. The maximum Gasteiger partial charge on any atom is 0.306 e. The number of rotatable bonds is 10. The zero-order valence-electron chi connectivity index (χ0n) is 18.7. The Hall–Kier alpha value is -3.84. The van der Waals surface area contributed by atoms with Crippen molar-refractivity contribution in [1.29, 1.82) is 0 Å². The van der Waals surface area contributed by atoms with Gasteiger partial charge in [-0.2, -0.15) is 0 Å². The average molecular weight is 481 g/mol. The summed E-state index contributed by atoms with van der Waals surface area (Å²) in [7, 11) is 0. The minimum atomic E-state index is -0.556. The third kappa shape index (κ3) is 8.26. The Balaban J connectivity index is 1.33. The molecule has 34 heavy (non-hydrogen) atoms. The second-order valence-electron chi connectivity index (χ2n) is 7.53. The van der Waals surface area contributed by atoms with E-state index in [1.54, 1.807) is 48.5 Å². The Morgan fingerprint density at radius 3 is 2.12 bits per heavy atom. The van der Waals surface area contributed by atoms with Gasteiger partial charge in [0, 0.05) is 18.5 Å². The van der Waals surface area contributed by atoms with Crippen LogP contribution in [0, 0.1) is 6.92 Å². The summed E-state index contributed by atoms with van der Waals surface area (Å²) in [5.74, 6) is 0.115. The van der Waals surface area contributed by atoms with Crippen molar-refractivity contribution >= 4 is 40.8 Å². The first-order chi connectivity index (χ1) is 16.4. The van der Waals surface area contributed by atoms with E-state index in [4.69, 9.17) is 21.1 Å². The first-order valence-corrected chi connectivity index (χ1v) is 11.1. The molecule has 176 valence electrons. The summed E-state index contributed by atoms with van der Waals surface area (Å²) in [6.45, 7) is 1.58. The molecule has 0 saturated carbocycles. The van der Waals surface area contributed by atoms with Gasteiger partial charge in [0.1, 0.15) is 11.5 Å². The number of para-hydroxylation sites is 1. The molecule has 0 unspecified atom stereocenters. The summed E-state index contributed by atoms with van der Waals surface area (Å²) in [5, 5.41) is 5.73. The monoisotopic (exact) mass is 480 g/mol. The highest BCUT2D eigenvalue weighted by molar-refractivity contribution is 6.33. The molecule has 0 radical (unpaired) electrons. The molecule has 3 aromatic rings. The second kappa shape index (κ2) is 12.4. The number of ether oxygens (including phenoxy) is 2. The number of esters is 1. The van der Waals surface area contributed by atoms with E-state index in [9.17, 15) is 14.4 Å². The number of aryl methyl sites for hydroxylation is 1. The van der Waals surface area contributed by atoms with Crippen molar-refractivity contribution in [2.24, 2.45) is 0 Å². The normalized spacial score (nSPS) is 10.3. The molecular formula is C26H25ClN2O5. The molecule has 2 amide bonds. The van der Waals surface area contributed by atoms with Gasteiger partial charge in [0.15, 0.2) is 6.61 Å². The molecule has 8 heteroatoms. The van der Waals surface area contributed by atoms with E-state index in [-0.39, 0.29) is 18.7 Å². The zero-order chi connectivity index (χ0) is 24.3. The number of carbonyl (C=O) groups excluding carboxylic acids is 3. The van der Waals surface area contributed by atoms with Crippen LogP contribution in [-0.2, 0) is 19.1 Å². The van der Waals surface area contributed by atoms with Crippen LogP contribution in [0.2, 0.25) is 5.02 Å². The van der Waals surface area contributed by atoms with Crippen LogP contribution in [0.4, 0.5) is 11.4 Å². The number of hydrogen-bond donors (Lipinski definition) is 2. The predicted molar refractivity (Wildman–Crippen MR) is 131 cm³/mol. The van der Waals surface area contributed by atoms with Gasteiger partial charge >= 0.3 is 5.97 Å². The van der Waals surface area contributed by atoms with Crippen molar-refractivity contribution in [2.45, 2.75) is 26.2 Å². The SMILES string of the molecule is Cc1ccc(Oc2ccc(NC(=O)CCCC(=O)OCC(=O)Nc3ccccc3Cl)cc2)cc1. The first-order valence-electron chi connectivity index (χ1n) is 10.7. The van der Waals surface area contributed by atoms with Gasteiger partial charge in [-0.25, -0.2) is 0 Å². The standard InChI is InChI=1S/C26H25ClN2O5/c1-18-9-13-20(14-10-18)34-21-15-11-19(12-16-21)28-24(30)7-4-8-26(32)33-17-25(31)29-23-6-3-2-5-22(23)27/h2-3,5-6,9-16H,4,7-8,17H2,1H3,(H,28,30)(H,29,31). The van der Waals surface area contributed by atoms with Crippen molar-refractivity contribution in [3.8, 4) is 11.5 Å². The molecule has 0 aliphatic heterocycles. The van der Waals surface area contributed by atoms with E-state index < -0.39 is 18.5 Å². The molecule has 0 atom stereocenters. The lowest BCUT2D eigenvalue weighted by atomic mass is 10.2. The van der Waals surface area contributed by atoms with Gasteiger partial charge in [0.25, 0.3) is 5.91 Å². The zero-order valence-corrected chi connectivity index (χ0v) is 19.4. The average Bonchev–Trinajstić information content (AvgIpc) is 2.82. The number of anilines is 2. The molecule has 0 heterocycles. The van der Waals surface area contributed by atoms with Gasteiger partial charge in [-0.3, -0.25) is 14.4 Å². The number of carbonyl (C=O) groups is 3. The largest absolute Gasteiger partial charge is 0.457 e. The smallest absolute Gasteiger partial charge is 0.306 e. The second-order valence-corrected chi connectivity index (χ2v) is 7.94. The van der Waals surface area contributed by atoms with Gasteiger partial charge in [-0.05, 0) is 61.9 Å². The van der Waals surface area contributed by atoms with Gasteiger partial charge in [-0.1, -0.05) is 41.4 Å². The summed E-state index contributed by atoms with van der Waals surface area (Å²) in [5.41, 5.74) is 2.22. The Labute approximate surface area is 203 Å². The third-order valence-electron chi connectivity index (χ3n) is 4.69. The Morgan fingerprint density at radius 2 is 1.44 bits per heavy atom. The lowest BCUT2D eigenvalue weighted by molar-refractivity contribution is -0.147. The van der Waals surface area contributed by atoms with E-state index in [0.29, 0.717) is 28.6 Å². The summed E-state index contributed by atoms with van der Waals surface area (Å²) >= 11 is 5.97. The highest BCUT2D eigenvalue weighted by atomic mass is 35.5. The fraction of sp³-hybridized carbons (Fsp3) is 0.192. The Kier molecular flexibility index (Phi) is 9.05. The topological polar surface area (TPSA) is 93.7 Å². The van der Waals surface area contributed by atoms with Crippen LogP contribution in [0.1, 0.15) is 24.8 Å². The summed E-state index contributed by atoms with van der Waals surface area (Å²) in [6, 6.07) is 21.5. The van der Waals surface area contributed by atoms with Crippen molar-refractivity contribution in [1.82, 2.24) is 0 Å². The Morgan fingerprint density at radius 1 is 0.794 bits per heavy atom. The van der Waals surface area contributed by atoms with E-state index in [2.05, 4.69) is 10.6 Å². The van der Waals surface area contributed by atoms with Crippen LogP contribution in [0.3, 0.4) is 0 Å². The van der Waals surface area contributed by atoms with Crippen molar-refractivity contribution < 1.29 is 23.9 Å². The quantitative estimate of drug-likeness (QED) is 0.361. The molecule has 0 aromatic heterocycles. The summed E-state index contributed by atoms with van der Waals surface area (Å²) in [4.78, 5) is 35.8. The molecule has 0 aliphatic carbocycles. The molecule has 0 fully saturated rings. The van der Waals surface area contributed by atoms with Crippen molar-refractivity contribution in [3.05, 3.63) is 83.4 Å². The lowest BCUT2D eigenvalue weighted by Crippen LogP contribution is -2.21. The maximum atomic E-state index is 12.1. The number of amides is 2. The van der Waals surface area contributed by atoms with Gasteiger partial charge < -0.3 is 20.1 Å². The molecule has 3 rings (SSSR count). The van der Waals surface area contributed by atoms with Gasteiger partial charge in [0.2, 0.25) is 5.91 Å². The minimum Gasteiger partial charge on any atom is -0.457 e. The van der Waals surface area contributed by atoms with E-state index in [1.807, 2.05) is 31.2 Å². The summed E-state index contributed by atoms with van der Waals surface area (Å²) < 4.78 is 10.7.